The van der Waals surface area contributed by atoms with Crippen LogP contribution in [0.4, 0.5) is 0 Å². The molecule has 0 radical (unpaired) electrons. The van der Waals surface area contributed by atoms with E-state index in [-0.39, 0.29) is 49.4 Å². The second-order valence-corrected chi connectivity index (χ2v) is 29.2. The predicted molar refractivity (Wildman–Crippen MR) is 422 cm³/mol. The fourth-order valence-electron chi connectivity index (χ4n) is 15.2. The smallest absolute Gasteiger partial charge is 0.303 e. The number of carbonyl (C=O) groups excluding carboxylic acids is 12. The molecular weight excluding hydrogens is 1620 g/mol. The second-order valence-electron chi connectivity index (χ2n) is 29.2. The van der Waals surface area contributed by atoms with Crippen molar-refractivity contribution in [3.8, 4) is 23.0 Å². The Balaban J connectivity index is 1.02. The first kappa shape index (κ1) is 88.0. The topological polar surface area (TPSA) is 453 Å². The molecule has 9 heterocycles. The Morgan fingerprint density at radius 1 is 0.234 bits per heavy atom. The third-order valence-corrected chi connectivity index (χ3v) is 19.6. The minimum atomic E-state index is -1.48. The van der Waals surface area contributed by atoms with Crippen molar-refractivity contribution >= 4 is 93.9 Å². The lowest BCUT2D eigenvalue weighted by molar-refractivity contribution is -0.259. The molecular formula is C88H88N4O32. The van der Waals surface area contributed by atoms with Gasteiger partial charge in [0.1, 0.15) is 23.0 Å². The van der Waals surface area contributed by atoms with Crippen LogP contribution < -0.4 is 40.3 Å². The van der Waals surface area contributed by atoms with Crippen LogP contribution in [0.2, 0.25) is 0 Å². The number of aromatic amines is 4. The van der Waals surface area contributed by atoms with Crippen molar-refractivity contribution in [2.45, 2.75) is 181 Å². The molecule has 4 fully saturated rings. The fraction of sp³-hybridized carbons (Fsp3) is 0.364. The molecule has 36 nitrogen and oxygen atoms in total. The molecule has 0 unspecified atom stereocenters. The number of H-pyrrole nitrogens is 4. The van der Waals surface area contributed by atoms with Crippen LogP contribution in [0, 0.1) is 0 Å². The number of ether oxygens (including phenoxy) is 20. The van der Waals surface area contributed by atoms with E-state index in [1.54, 1.807) is 72.8 Å². The Bertz CT molecular complexity index is 5020. The molecule has 4 aromatic carbocycles. The van der Waals surface area contributed by atoms with E-state index in [9.17, 15) is 57.5 Å². The van der Waals surface area contributed by atoms with Crippen LogP contribution in [-0.2, 0) is 133 Å². The van der Waals surface area contributed by atoms with Crippen LogP contribution in [0.3, 0.4) is 0 Å². The summed E-state index contributed by atoms with van der Waals surface area (Å²) in [5.41, 5.74) is 5.81. The predicted octanol–water partition coefficient (Wildman–Crippen LogP) is 4.42. The van der Waals surface area contributed by atoms with Gasteiger partial charge in [0.05, 0.1) is 26.4 Å². The maximum atomic E-state index is 12.9. The summed E-state index contributed by atoms with van der Waals surface area (Å²) in [7, 11) is 0. The molecule has 0 spiro atoms. The van der Waals surface area contributed by atoms with Crippen molar-refractivity contribution in [3.05, 3.63) is 212 Å². The van der Waals surface area contributed by atoms with Gasteiger partial charge >= 0.3 is 71.6 Å². The highest BCUT2D eigenvalue weighted by atomic mass is 16.8. The van der Waals surface area contributed by atoms with Crippen molar-refractivity contribution in [1.29, 1.82) is 0 Å². The first-order valence-electron chi connectivity index (χ1n) is 39.1. The lowest BCUT2D eigenvalue weighted by Gasteiger charge is -2.40. The number of rotatable bonds is 24. The highest BCUT2D eigenvalue weighted by molar-refractivity contribution is 5.86. The molecule has 8 bridgehead atoms. The molecule has 13 rings (SSSR count). The van der Waals surface area contributed by atoms with Gasteiger partial charge in [0.2, 0.25) is 49.6 Å². The summed E-state index contributed by atoms with van der Waals surface area (Å²) in [4.78, 5) is 167. The number of esters is 12. The minimum Gasteiger partial charge on any atom is -0.461 e. The number of hydrogen-bond acceptors (Lipinski definition) is 32. The monoisotopic (exact) mass is 1710 g/mol. The number of nitrogens with one attached hydrogen (secondary N) is 4. The maximum Gasteiger partial charge on any atom is 0.303 e. The number of carbonyl (C=O) groups is 12. The SMILES string of the molecule is CC(=O)O[C@@H]1[C@H](Oc2cccc(C3=c4ccc([nH]4)=C(c4cccc(O[C@@H]5OC[C@@H](OC(C)=O)[C@@H](OC(C)=O)[C@@H]5OC(C)=O)c4)c4ccc([nH]4)C(c4cccc(O[C@@H]5OC[C@@H](OC(C)=O)[C@@H](OC(C)=O)[C@@H]5OC(C)=O)c4)=c4ccc([nH]4)=C(c4cccc(O[C@@H]5OC[C@@H](OC(C)=O)[C@@H](OC(C)=O)[C@@H]5OC(C)=O)c4)c4ccc3[nH]4)c2)OC[C@@H](OC(C)=O)[C@H]1OC(C)=O. The molecule has 124 heavy (non-hydrogen) atoms. The van der Waals surface area contributed by atoms with Gasteiger partial charge in [-0.15, -0.1) is 0 Å². The quantitative estimate of drug-likeness (QED) is 0.0480. The van der Waals surface area contributed by atoms with E-state index in [4.69, 9.17) is 94.7 Å². The van der Waals surface area contributed by atoms with E-state index < -0.39 is 170 Å². The van der Waals surface area contributed by atoms with Crippen molar-refractivity contribution < 1.29 is 152 Å². The van der Waals surface area contributed by atoms with Gasteiger partial charge in [-0.05, 0) is 119 Å². The Morgan fingerprint density at radius 2 is 0.419 bits per heavy atom. The molecule has 652 valence electrons. The Morgan fingerprint density at radius 3 is 0.605 bits per heavy atom. The van der Waals surface area contributed by atoms with Crippen LogP contribution in [0.25, 0.3) is 22.3 Å². The molecule has 5 aliphatic heterocycles. The molecule has 0 aliphatic carbocycles. The minimum absolute atomic E-state index is 0.147. The van der Waals surface area contributed by atoms with Crippen LogP contribution >= 0.6 is 0 Å². The van der Waals surface area contributed by atoms with E-state index in [1.165, 1.54) is 0 Å². The first-order valence-corrected chi connectivity index (χ1v) is 39.1. The lowest BCUT2D eigenvalue weighted by Crippen LogP contribution is -2.59. The summed E-state index contributed by atoms with van der Waals surface area (Å²) in [5, 5.41) is 1.87. The Kier molecular flexibility index (Phi) is 27.3. The zero-order valence-corrected chi connectivity index (χ0v) is 69.0. The molecule has 4 aromatic heterocycles. The third kappa shape index (κ3) is 21.2. The number of benzene rings is 4. The molecule has 4 N–H and O–H groups in total. The van der Waals surface area contributed by atoms with Crippen molar-refractivity contribution in [3.63, 3.8) is 0 Å². The first-order chi connectivity index (χ1) is 59.3. The van der Waals surface area contributed by atoms with Crippen molar-refractivity contribution in [1.82, 2.24) is 19.9 Å². The van der Waals surface area contributed by atoms with Gasteiger partial charge in [-0.2, -0.15) is 0 Å². The molecule has 5 aliphatic rings. The Hall–Kier alpha value is -13.8. The van der Waals surface area contributed by atoms with Crippen LogP contribution in [0.5, 0.6) is 23.0 Å². The molecule has 8 aromatic rings. The Labute approximate surface area is 706 Å². The van der Waals surface area contributed by atoms with Gasteiger partial charge in [-0.1, -0.05) is 48.5 Å². The van der Waals surface area contributed by atoms with Gasteiger partial charge in [0, 0.05) is 150 Å². The average molecular weight is 1710 g/mol. The summed E-state index contributed by atoms with van der Waals surface area (Å²) in [6.07, 6.45) is -22.2. The normalized spacial score (nSPS) is 24.0. The molecule has 4 saturated heterocycles. The fourth-order valence-corrected chi connectivity index (χ4v) is 15.2. The summed E-state index contributed by atoms with van der Waals surface area (Å²) in [5.74, 6) is -8.66. The van der Waals surface area contributed by atoms with Gasteiger partial charge in [-0.3, -0.25) is 57.5 Å². The zero-order chi connectivity index (χ0) is 88.5. The summed E-state index contributed by atoms with van der Waals surface area (Å²) in [6.45, 7) is 12.3. The van der Waals surface area contributed by atoms with E-state index in [0.29, 0.717) is 88.7 Å². The highest BCUT2D eigenvalue weighted by Gasteiger charge is 2.53. The van der Waals surface area contributed by atoms with Crippen molar-refractivity contribution in [2.24, 2.45) is 0 Å². The zero-order valence-electron chi connectivity index (χ0n) is 69.0. The summed E-state index contributed by atoms with van der Waals surface area (Å²) in [6, 6.07) is 42.0. The van der Waals surface area contributed by atoms with Gasteiger partial charge in [-0.25, -0.2) is 0 Å². The van der Waals surface area contributed by atoms with Gasteiger partial charge in [0.15, 0.2) is 48.8 Å². The van der Waals surface area contributed by atoms with E-state index >= 15 is 0 Å². The molecule has 36 heteroatoms. The average Bonchev–Trinajstić information content (AvgIpc) is 1.60. The summed E-state index contributed by atoms with van der Waals surface area (Å²) >= 11 is 0. The van der Waals surface area contributed by atoms with Crippen molar-refractivity contribution in [2.75, 3.05) is 26.4 Å². The molecule has 0 amide bonds. The highest BCUT2D eigenvalue weighted by Crippen LogP contribution is 2.38. The van der Waals surface area contributed by atoms with E-state index in [2.05, 4.69) is 19.9 Å². The maximum absolute atomic E-state index is 12.9. The molecule has 0 saturated carbocycles. The van der Waals surface area contributed by atoms with Gasteiger partial charge < -0.3 is 115 Å². The van der Waals surface area contributed by atoms with E-state index in [1.807, 2.05) is 72.8 Å². The standard InChI is InChI=1S/C88H88N4O32/c1-41(93)109-69-37-105-85(81(117-49(9)101)77(69)113-45(5)97)121-57-21-13-17-53(33-57)73-61-25-27-63(89-61)74(54-18-14-22-58(34-54)122-86-82(118-50(10)102)78(114-46(6)98)70(38-106-86)110-42(2)94)65-29-31-67(91-65)76(56-20-16-24-60(36-56)124-88-84(120-52(12)104)80(116-48(8)100)72(40-108-88)112-44(4)96)68-32-30-66(92-68)75(64-28-26-62(73)90-64)55-19-15-23-59(35-55)123-87-83(119-51(11)103)79(115-47(7)99)71(39-107-87)111-43(3)95/h13-36,69-72,77-92H,37-40H2,1-12H3/t69-,70-,71-,72-,77-,78-,79-,80-,81+,82+,83+,84+,85+,86+,87+,88+/m1/s1. The molecule has 16 atom stereocenters. The largest absolute Gasteiger partial charge is 0.461 e. The number of fused-ring (bicyclic) bond motifs is 8. The van der Waals surface area contributed by atoms with Gasteiger partial charge in [0.25, 0.3) is 0 Å². The third-order valence-electron chi connectivity index (χ3n) is 19.6. The van der Waals surface area contributed by atoms with Crippen LogP contribution in [0.15, 0.2) is 146 Å². The summed E-state index contributed by atoms with van der Waals surface area (Å²) < 4.78 is 119. The second kappa shape index (κ2) is 38.5. The van der Waals surface area contributed by atoms with Crippen LogP contribution in [0.1, 0.15) is 128 Å². The lowest BCUT2D eigenvalue weighted by atomic mass is 10.0. The number of hydrogen-bond donors (Lipinski definition) is 4. The van der Waals surface area contributed by atoms with Crippen LogP contribution in [-0.4, -0.2) is 216 Å². The van der Waals surface area contributed by atoms with E-state index in [0.717, 1.165) is 83.1 Å². The number of aromatic nitrogens is 4.